The molecular weight excluding hydrogens is 401 g/mol. The molecule has 0 saturated heterocycles. The summed E-state index contributed by atoms with van der Waals surface area (Å²) in [7, 11) is 0. The minimum Gasteiger partial charge on any atom is -0.370 e. The number of rotatable bonds is 3. The Labute approximate surface area is 170 Å². The first-order valence-electron chi connectivity index (χ1n) is 8.22. The summed E-state index contributed by atoms with van der Waals surface area (Å²) in [5.74, 6) is -2.42. The molecule has 2 aromatic rings. The first kappa shape index (κ1) is 23.9. The van der Waals surface area contributed by atoms with Crippen molar-refractivity contribution in [3.8, 4) is 0 Å². The number of nitrogens with one attached hydrogen (secondary N) is 1. The number of hydrogen-bond donors (Lipinski definition) is 4. The number of guanidine groups is 2. The third kappa shape index (κ3) is 10.9. The third-order valence-electron chi connectivity index (χ3n) is 2.98. The maximum atomic E-state index is 11.8. The lowest BCUT2D eigenvalue weighted by Gasteiger charge is -2.02. The SMILES string of the molecule is NC(=NC(F)(F)F)NC(=O)C=Cc1ccccc1.NC(N)=NC(=O)c1ccccc1. The summed E-state index contributed by atoms with van der Waals surface area (Å²) in [5, 5.41) is 1.79. The Morgan fingerprint density at radius 3 is 1.93 bits per heavy atom. The van der Waals surface area contributed by atoms with Crippen LogP contribution >= 0.6 is 0 Å². The van der Waals surface area contributed by atoms with Crippen molar-refractivity contribution in [2.75, 3.05) is 0 Å². The van der Waals surface area contributed by atoms with Gasteiger partial charge >= 0.3 is 6.30 Å². The molecule has 0 bridgehead atoms. The van der Waals surface area contributed by atoms with Crippen molar-refractivity contribution in [3.05, 3.63) is 77.9 Å². The van der Waals surface area contributed by atoms with E-state index >= 15 is 0 Å². The van der Waals surface area contributed by atoms with E-state index in [4.69, 9.17) is 17.2 Å². The standard InChI is InChI=1S/C11H10F3N3O.C8H9N3O/c12-11(13,14)17-10(15)16-9(18)7-6-8-4-2-1-3-5-8;9-8(10)11-7(12)6-4-2-1-3-5-6/h1-7H,(H3,15,16,17,18);1-5H,(H4,9,10,11,12). The average Bonchev–Trinajstić information content (AvgIpc) is 2.66. The predicted molar refractivity (Wildman–Crippen MR) is 108 cm³/mol. The van der Waals surface area contributed by atoms with Crippen LogP contribution in [0.15, 0.2) is 76.7 Å². The van der Waals surface area contributed by atoms with Gasteiger partial charge in [0.15, 0.2) is 5.96 Å². The molecule has 8 nitrogen and oxygen atoms in total. The number of carbonyl (C=O) groups is 2. The van der Waals surface area contributed by atoms with E-state index < -0.39 is 24.1 Å². The first-order chi connectivity index (χ1) is 14.1. The number of halogens is 3. The number of nitrogens with zero attached hydrogens (tertiary/aromatic N) is 2. The first-order valence-corrected chi connectivity index (χ1v) is 8.22. The van der Waals surface area contributed by atoms with Gasteiger partial charge in [0.2, 0.25) is 5.96 Å². The molecule has 0 aliphatic carbocycles. The van der Waals surface area contributed by atoms with Gasteiger partial charge in [-0.3, -0.25) is 14.9 Å². The molecule has 2 amide bonds. The summed E-state index contributed by atoms with van der Waals surface area (Å²) < 4.78 is 35.3. The van der Waals surface area contributed by atoms with E-state index in [9.17, 15) is 22.8 Å². The fourth-order valence-corrected chi connectivity index (χ4v) is 1.83. The van der Waals surface area contributed by atoms with Crippen LogP contribution in [0.3, 0.4) is 0 Å². The van der Waals surface area contributed by atoms with Gasteiger partial charge in [-0.1, -0.05) is 48.5 Å². The molecule has 2 aromatic carbocycles. The maximum absolute atomic E-state index is 11.8. The number of benzene rings is 2. The van der Waals surface area contributed by atoms with E-state index in [1.807, 2.05) is 6.07 Å². The Balaban J connectivity index is 0.000000325. The van der Waals surface area contributed by atoms with Crippen LogP contribution in [0.5, 0.6) is 0 Å². The lowest BCUT2D eigenvalue weighted by molar-refractivity contribution is -0.120. The van der Waals surface area contributed by atoms with Crippen molar-refractivity contribution < 1.29 is 22.8 Å². The maximum Gasteiger partial charge on any atom is 0.506 e. The fourth-order valence-electron chi connectivity index (χ4n) is 1.83. The molecule has 0 saturated carbocycles. The molecule has 0 aliphatic heterocycles. The Kier molecular flexibility index (Phi) is 9.27. The van der Waals surface area contributed by atoms with Gasteiger partial charge in [-0.05, 0) is 23.8 Å². The highest BCUT2D eigenvalue weighted by atomic mass is 19.4. The van der Waals surface area contributed by atoms with Crippen molar-refractivity contribution in [2.45, 2.75) is 6.30 Å². The molecule has 0 aromatic heterocycles. The summed E-state index contributed by atoms with van der Waals surface area (Å²) in [5.41, 5.74) is 16.2. The summed E-state index contributed by atoms with van der Waals surface area (Å²) in [6, 6.07) is 17.4. The van der Waals surface area contributed by atoms with E-state index in [1.54, 1.807) is 59.9 Å². The van der Waals surface area contributed by atoms with Crippen molar-refractivity contribution in [3.63, 3.8) is 0 Å². The lowest BCUT2D eigenvalue weighted by Crippen LogP contribution is -2.37. The van der Waals surface area contributed by atoms with Crippen LogP contribution < -0.4 is 22.5 Å². The van der Waals surface area contributed by atoms with Crippen LogP contribution in [-0.2, 0) is 4.79 Å². The Bertz CT molecular complexity index is 922. The number of aliphatic imine (C=N–C) groups is 2. The van der Waals surface area contributed by atoms with Gasteiger partial charge in [0.05, 0.1) is 0 Å². The smallest absolute Gasteiger partial charge is 0.370 e. The molecule has 0 radical (unpaired) electrons. The molecule has 0 unspecified atom stereocenters. The molecule has 2 rings (SSSR count). The van der Waals surface area contributed by atoms with Crippen molar-refractivity contribution in [1.82, 2.24) is 5.32 Å². The third-order valence-corrected chi connectivity index (χ3v) is 2.98. The minimum atomic E-state index is -4.81. The molecule has 0 aliphatic rings. The van der Waals surface area contributed by atoms with Crippen LogP contribution in [0.1, 0.15) is 15.9 Å². The quantitative estimate of drug-likeness (QED) is 0.258. The minimum absolute atomic E-state index is 0.219. The number of nitrogens with two attached hydrogens (primary N) is 3. The second kappa shape index (κ2) is 11.6. The fraction of sp³-hybridized carbons (Fsp3) is 0.0526. The predicted octanol–water partition coefficient (Wildman–Crippen LogP) is 1.75. The zero-order chi connectivity index (χ0) is 22.6. The van der Waals surface area contributed by atoms with Gasteiger partial charge in [0.1, 0.15) is 0 Å². The van der Waals surface area contributed by atoms with Gasteiger partial charge in [-0.2, -0.15) is 9.98 Å². The lowest BCUT2D eigenvalue weighted by atomic mass is 10.2. The zero-order valence-corrected chi connectivity index (χ0v) is 15.5. The number of carbonyl (C=O) groups excluding carboxylic acids is 2. The topological polar surface area (TPSA) is 149 Å². The van der Waals surface area contributed by atoms with Gasteiger partial charge in [0, 0.05) is 11.6 Å². The summed E-state index contributed by atoms with van der Waals surface area (Å²) in [6.45, 7) is 0. The number of alkyl halides is 3. The monoisotopic (exact) mass is 420 g/mol. The van der Waals surface area contributed by atoms with E-state index in [2.05, 4.69) is 9.98 Å². The van der Waals surface area contributed by atoms with Crippen LogP contribution in [-0.4, -0.2) is 30.0 Å². The molecule has 0 fully saturated rings. The second-order valence-corrected chi connectivity index (χ2v) is 5.41. The van der Waals surface area contributed by atoms with Crippen molar-refractivity contribution in [1.29, 1.82) is 0 Å². The molecule has 30 heavy (non-hydrogen) atoms. The van der Waals surface area contributed by atoms with E-state index in [0.717, 1.165) is 11.6 Å². The highest BCUT2D eigenvalue weighted by Crippen LogP contribution is 2.15. The second-order valence-electron chi connectivity index (χ2n) is 5.41. The van der Waals surface area contributed by atoms with Gasteiger partial charge in [-0.25, -0.2) is 0 Å². The molecule has 11 heteroatoms. The summed E-state index contributed by atoms with van der Waals surface area (Å²) in [4.78, 5) is 27.8. The Morgan fingerprint density at radius 1 is 0.900 bits per heavy atom. The molecule has 0 heterocycles. The van der Waals surface area contributed by atoms with E-state index in [1.165, 1.54) is 6.08 Å². The molecule has 158 valence electrons. The normalized spacial score (nSPS) is 11.2. The largest absolute Gasteiger partial charge is 0.506 e. The van der Waals surface area contributed by atoms with Crippen LogP contribution in [0.25, 0.3) is 6.08 Å². The molecule has 0 atom stereocenters. The number of hydrogen-bond acceptors (Lipinski definition) is 3. The zero-order valence-electron chi connectivity index (χ0n) is 15.5. The van der Waals surface area contributed by atoms with E-state index in [-0.39, 0.29) is 5.96 Å². The number of amides is 2. The van der Waals surface area contributed by atoms with Crippen molar-refractivity contribution in [2.24, 2.45) is 27.2 Å². The van der Waals surface area contributed by atoms with Gasteiger partial charge in [0.25, 0.3) is 11.8 Å². The highest BCUT2D eigenvalue weighted by molar-refractivity contribution is 6.03. The van der Waals surface area contributed by atoms with E-state index in [0.29, 0.717) is 5.56 Å². The van der Waals surface area contributed by atoms with Crippen LogP contribution in [0.2, 0.25) is 0 Å². The highest BCUT2D eigenvalue weighted by Gasteiger charge is 2.26. The Hall–Kier alpha value is -4.15. The average molecular weight is 420 g/mol. The summed E-state index contributed by atoms with van der Waals surface area (Å²) in [6.07, 6.45) is -2.30. The Morgan fingerprint density at radius 2 is 1.43 bits per heavy atom. The van der Waals surface area contributed by atoms with Gasteiger partial charge in [-0.15, -0.1) is 13.2 Å². The molecular formula is C19H19F3N6O2. The molecule has 0 spiro atoms. The van der Waals surface area contributed by atoms with Crippen LogP contribution in [0.4, 0.5) is 13.2 Å². The van der Waals surface area contributed by atoms with Crippen molar-refractivity contribution >= 4 is 29.8 Å². The van der Waals surface area contributed by atoms with Crippen LogP contribution in [0, 0.1) is 0 Å². The molecule has 7 N–H and O–H groups in total. The summed E-state index contributed by atoms with van der Waals surface area (Å²) >= 11 is 0. The van der Waals surface area contributed by atoms with Gasteiger partial charge < -0.3 is 17.2 Å².